The minimum atomic E-state index is -0.0541. The van der Waals surface area contributed by atoms with E-state index in [1.54, 1.807) is 4.90 Å². The van der Waals surface area contributed by atoms with Crippen molar-refractivity contribution in [2.45, 2.75) is 18.9 Å². The van der Waals surface area contributed by atoms with Crippen LogP contribution in [0.15, 0.2) is 30.3 Å². The molecule has 1 aliphatic carbocycles. The van der Waals surface area contributed by atoms with Crippen LogP contribution in [0, 0.1) is 5.92 Å². The number of nitrogens with one attached hydrogen (secondary N) is 1. The zero-order chi connectivity index (χ0) is 13.9. The lowest BCUT2D eigenvalue weighted by molar-refractivity contribution is -0.122. The summed E-state index contributed by atoms with van der Waals surface area (Å²) in [6.45, 7) is 0.859. The maximum Gasteiger partial charge on any atom is 0.282 e. The Kier molecular flexibility index (Phi) is 3.96. The van der Waals surface area contributed by atoms with E-state index in [0.29, 0.717) is 12.5 Å². The van der Waals surface area contributed by atoms with Crippen LogP contribution in [0.5, 0.6) is 0 Å². The van der Waals surface area contributed by atoms with E-state index < -0.39 is 0 Å². The van der Waals surface area contributed by atoms with Crippen molar-refractivity contribution in [3.63, 3.8) is 0 Å². The molecular weight excluding hydrogens is 272 g/mol. The van der Waals surface area contributed by atoms with Crippen molar-refractivity contribution >= 4 is 22.9 Å². The molecule has 1 heterocycles. The Bertz CT molecular complexity index is 502. The van der Waals surface area contributed by atoms with Crippen molar-refractivity contribution in [2.24, 2.45) is 5.92 Å². The van der Waals surface area contributed by atoms with Gasteiger partial charge in [0.1, 0.15) is 6.54 Å². The molecule has 1 aromatic rings. The lowest BCUT2D eigenvalue weighted by Gasteiger charge is -2.21. The predicted molar refractivity (Wildman–Crippen MR) is 79.5 cm³/mol. The molecule has 1 saturated heterocycles. The molecule has 1 aliphatic heterocycles. The van der Waals surface area contributed by atoms with E-state index in [1.165, 1.54) is 24.6 Å². The highest BCUT2D eigenvalue weighted by atomic mass is 32.2. The van der Waals surface area contributed by atoms with E-state index in [2.05, 4.69) is 17.4 Å². The molecule has 4 nitrogen and oxygen atoms in total. The Hall–Kier alpha value is -1.49. The summed E-state index contributed by atoms with van der Waals surface area (Å²) in [6.07, 6.45) is 2.33. The summed E-state index contributed by atoms with van der Waals surface area (Å²) in [5.41, 5.74) is 1.16. The second-order valence-corrected chi connectivity index (χ2v) is 6.38. The van der Waals surface area contributed by atoms with Crippen LogP contribution in [0.3, 0.4) is 0 Å². The Labute approximate surface area is 122 Å². The summed E-state index contributed by atoms with van der Waals surface area (Å²) in [5.74, 6) is 1.28. The third-order valence-electron chi connectivity index (χ3n) is 3.75. The first-order chi connectivity index (χ1) is 9.74. The highest BCUT2D eigenvalue weighted by Gasteiger charge is 2.34. The van der Waals surface area contributed by atoms with E-state index >= 15 is 0 Å². The van der Waals surface area contributed by atoms with Crippen molar-refractivity contribution in [1.82, 2.24) is 10.2 Å². The van der Waals surface area contributed by atoms with Crippen molar-refractivity contribution in [3.8, 4) is 0 Å². The molecule has 0 unspecified atom stereocenters. The Morgan fingerprint density at radius 3 is 2.70 bits per heavy atom. The molecular formula is C15H18N2O2S. The van der Waals surface area contributed by atoms with Crippen LogP contribution < -0.4 is 5.32 Å². The smallest absolute Gasteiger partial charge is 0.282 e. The maximum atomic E-state index is 12.1. The molecule has 5 heteroatoms. The van der Waals surface area contributed by atoms with Crippen LogP contribution in [0.1, 0.15) is 24.4 Å². The second kappa shape index (κ2) is 5.87. The van der Waals surface area contributed by atoms with Gasteiger partial charge in [0.15, 0.2) is 0 Å². The Morgan fingerprint density at radius 1 is 1.35 bits per heavy atom. The fraction of sp³-hybridized carbons (Fsp3) is 0.467. The zero-order valence-electron chi connectivity index (χ0n) is 11.2. The standard InChI is InChI=1S/C15H18N2O2S/c18-13(10-17-8-9-20-15(17)19)16-14(12-6-7-12)11-4-2-1-3-5-11/h1-5,12,14H,6-10H2,(H,16,18)/t14-/m0/s1. The van der Waals surface area contributed by atoms with Crippen molar-refractivity contribution in [2.75, 3.05) is 18.8 Å². The van der Waals surface area contributed by atoms with Gasteiger partial charge in [0.25, 0.3) is 5.24 Å². The van der Waals surface area contributed by atoms with Crippen molar-refractivity contribution in [3.05, 3.63) is 35.9 Å². The summed E-state index contributed by atoms with van der Waals surface area (Å²) < 4.78 is 0. The van der Waals surface area contributed by atoms with Gasteiger partial charge in [-0.05, 0) is 24.3 Å². The number of benzene rings is 1. The summed E-state index contributed by atoms with van der Waals surface area (Å²) in [7, 11) is 0. The summed E-state index contributed by atoms with van der Waals surface area (Å²) in [5, 5.41) is 3.12. The number of hydrogen-bond acceptors (Lipinski definition) is 3. The summed E-state index contributed by atoms with van der Waals surface area (Å²) in [4.78, 5) is 25.3. The number of thioether (sulfide) groups is 1. The lowest BCUT2D eigenvalue weighted by Crippen LogP contribution is -2.39. The van der Waals surface area contributed by atoms with Gasteiger partial charge in [-0.15, -0.1) is 0 Å². The molecule has 1 N–H and O–H groups in total. The number of amides is 2. The lowest BCUT2D eigenvalue weighted by atomic mass is 10.0. The van der Waals surface area contributed by atoms with Crippen LogP contribution in [0.2, 0.25) is 0 Å². The highest BCUT2D eigenvalue weighted by Crippen LogP contribution is 2.40. The Balaban J connectivity index is 1.62. The fourth-order valence-corrected chi connectivity index (χ4v) is 3.35. The summed E-state index contributed by atoms with van der Waals surface area (Å²) in [6, 6.07) is 10.2. The molecule has 2 fully saturated rings. The van der Waals surface area contributed by atoms with Crippen LogP contribution in [-0.4, -0.2) is 34.9 Å². The van der Waals surface area contributed by atoms with Gasteiger partial charge in [0.2, 0.25) is 5.91 Å². The van der Waals surface area contributed by atoms with E-state index in [0.717, 1.165) is 11.3 Å². The first-order valence-electron chi connectivity index (χ1n) is 7.00. The van der Waals surface area contributed by atoms with Crippen LogP contribution in [0.4, 0.5) is 4.79 Å². The van der Waals surface area contributed by atoms with Gasteiger partial charge in [-0.3, -0.25) is 9.59 Å². The quantitative estimate of drug-likeness (QED) is 0.906. The molecule has 3 rings (SSSR count). The second-order valence-electron chi connectivity index (χ2n) is 5.33. The molecule has 0 bridgehead atoms. The highest BCUT2D eigenvalue weighted by molar-refractivity contribution is 8.13. The number of carbonyl (C=O) groups excluding carboxylic acids is 2. The average molecular weight is 290 g/mol. The van der Waals surface area contributed by atoms with E-state index in [4.69, 9.17) is 0 Å². The normalized spacial score (nSPS) is 20.0. The van der Waals surface area contributed by atoms with Crippen LogP contribution in [0.25, 0.3) is 0 Å². The van der Waals surface area contributed by atoms with Gasteiger partial charge < -0.3 is 10.2 Å². The maximum absolute atomic E-state index is 12.1. The number of carbonyl (C=O) groups is 2. The average Bonchev–Trinajstić information content (AvgIpc) is 3.22. The monoisotopic (exact) mass is 290 g/mol. The molecule has 2 amide bonds. The molecule has 1 atom stereocenters. The van der Waals surface area contributed by atoms with Gasteiger partial charge in [-0.2, -0.15) is 0 Å². The molecule has 1 saturated carbocycles. The van der Waals surface area contributed by atoms with E-state index in [1.807, 2.05) is 18.2 Å². The predicted octanol–water partition coefficient (Wildman–Crippen LogP) is 2.42. The van der Waals surface area contributed by atoms with Gasteiger partial charge >= 0.3 is 0 Å². The largest absolute Gasteiger partial charge is 0.347 e. The topological polar surface area (TPSA) is 49.4 Å². The zero-order valence-corrected chi connectivity index (χ0v) is 12.1. The molecule has 1 aromatic carbocycles. The third kappa shape index (κ3) is 3.15. The summed E-state index contributed by atoms with van der Waals surface area (Å²) >= 11 is 1.29. The van der Waals surface area contributed by atoms with Crippen LogP contribution >= 0.6 is 11.8 Å². The van der Waals surface area contributed by atoms with Crippen LogP contribution in [-0.2, 0) is 4.79 Å². The van der Waals surface area contributed by atoms with E-state index in [9.17, 15) is 9.59 Å². The number of hydrogen-bond donors (Lipinski definition) is 1. The molecule has 20 heavy (non-hydrogen) atoms. The molecule has 0 radical (unpaired) electrons. The molecule has 2 aliphatic rings. The van der Waals surface area contributed by atoms with Gasteiger partial charge in [0, 0.05) is 12.3 Å². The minimum absolute atomic E-state index is 0.0165. The Morgan fingerprint density at radius 2 is 2.10 bits per heavy atom. The van der Waals surface area contributed by atoms with E-state index in [-0.39, 0.29) is 23.7 Å². The fourth-order valence-electron chi connectivity index (χ4n) is 2.53. The number of nitrogens with zero attached hydrogens (tertiary/aromatic N) is 1. The first kappa shape index (κ1) is 13.5. The van der Waals surface area contributed by atoms with Crippen molar-refractivity contribution in [1.29, 1.82) is 0 Å². The molecule has 0 spiro atoms. The first-order valence-corrected chi connectivity index (χ1v) is 7.98. The number of rotatable bonds is 5. The molecule has 0 aromatic heterocycles. The minimum Gasteiger partial charge on any atom is -0.347 e. The van der Waals surface area contributed by atoms with Gasteiger partial charge in [0.05, 0.1) is 6.04 Å². The van der Waals surface area contributed by atoms with Gasteiger partial charge in [-0.25, -0.2) is 0 Å². The van der Waals surface area contributed by atoms with Crippen molar-refractivity contribution < 1.29 is 9.59 Å². The van der Waals surface area contributed by atoms with Gasteiger partial charge in [-0.1, -0.05) is 42.1 Å². The SMILES string of the molecule is O=C(CN1CCSC1=O)N[C@@H](c1ccccc1)C1CC1. The molecule has 106 valence electrons. The third-order valence-corrected chi connectivity index (χ3v) is 4.64.